The van der Waals surface area contributed by atoms with Crippen LogP contribution in [0.3, 0.4) is 0 Å². The lowest BCUT2D eigenvalue weighted by molar-refractivity contribution is -0.171. The number of amides is 1. The number of nitrogens with zero attached hydrogens (tertiary/aromatic N) is 3. The molecule has 1 fully saturated rings. The summed E-state index contributed by atoms with van der Waals surface area (Å²) in [6.07, 6.45) is -4.90. The summed E-state index contributed by atoms with van der Waals surface area (Å²) < 4.78 is 43.2. The molecule has 40 heavy (non-hydrogen) atoms. The molecule has 3 aromatic rings. The third-order valence-corrected chi connectivity index (χ3v) is 13.7. The van der Waals surface area contributed by atoms with Crippen LogP contribution < -0.4 is 10.1 Å². The normalized spacial score (nSPS) is 23.8. The lowest BCUT2D eigenvalue weighted by atomic mass is 9.60. The fraction of sp³-hybridized carbons (Fsp3) is 0.323. The maximum Gasteiger partial charge on any atom is 0.471 e. The van der Waals surface area contributed by atoms with Gasteiger partial charge in [0.25, 0.3) is 0 Å². The van der Waals surface area contributed by atoms with E-state index in [1.165, 1.54) is 0 Å². The maximum atomic E-state index is 14.2. The van der Waals surface area contributed by atoms with E-state index in [0.717, 1.165) is 15.7 Å². The van der Waals surface area contributed by atoms with Gasteiger partial charge in [-0.2, -0.15) is 23.7 Å². The molecule has 3 aromatic carbocycles. The number of carbonyl (C=O) groups excluding carboxylic acids is 1. The fourth-order valence-electron chi connectivity index (χ4n) is 7.04. The van der Waals surface area contributed by atoms with Gasteiger partial charge in [0.15, 0.2) is 0 Å². The Balaban J connectivity index is 1.77. The molecule has 1 aliphatic carbocycles. The summed E-state index contributed by atoms with van der Waals surface area (Å²) in [6.45, 7) is 4.13. The molecular formula is C31H27BrF3N3OSi. The van der Waals surface area contributed by atoms with E-state index in [4.69, 9.17) is 0 Å². The largest absolute Gasteiger partial charge is 0.471 e. The quantitative estimate of drug-likeness (QED) is 0.288. The molecule has 204 valence electrons. The van der Waals surface area contributed by atoms with Gasteiger partial charge < -0.3 is 4.90 Å². The Kier molecular flexibility index (Phi) is 7.18. The van der Waals surface area contributed by atoms with Crippen LogP contribution >= 0.6 is 15.9 Å². The first-order valence-electron chi connectivity index (χ1n) is 13.1. The topological polar surface area (TPSA) is 67.9 Å². The molecule has 0 aromatic heterocycles. The van der Waals surface area contributed by atoms with Crippen LogP contribution in [0.2, 0.25) is 18.6 Å². The second-order valence-electron chi connectivity index (χ2n) is 11.3. The molecule has 1 amide bonds. The van der Waals surface area contributed by atoms with Crippen molar-refractivity contribution in [2.45, 2.75) is 49.6 Å². The molecule has 0 spiro atoms. The van der Waals surface area contributed by atoms with Crippen LogP contribution in [0.4, 0.5) is 18.9 Å². The second-order valence-corrected chi connectivity index (χ2v) is 16.9. The van der Waals surface area contributed by atoms with Gasteiger partial charge in [0.2, 0.25) is 0 Å². The minimum atomic E-state index is -5.09. The first-order chi connectivity index (χ1) is 18.9. The van der Waals surface area contributed by atoms with Crippen LogP contribution in [0.15, 0.2) is 83.3 Å². The molecule has 2 aliphatic rings. The van der Waals surface area contributed by atoms with E-state index in [0.29, 0.717) is 10.0 Å². The Hall–Kier alpha value is -3.40. The molecule has 0 bridgehead atoms. The molecular weight excluding hydrogens is 595 g/mol. The summed E-state index contributed by atoms with van der Waals surface area (Å²) >= 11 is 3.46. The lowest BCUT2D eigenvalue weighted by Crippen LogP contribution is -2.62. The SMILES string of the molecule is C[Si](C)(c1ccccc1)[C@@H]1C[C@H]2[C@H](CC1(C#N)C#N)[C@@H](c1ccccc1)c1cc(Br)ccc1N2C(=O)C(F)(F)F. The van der Waals surface area contributed by atoms with Gasteiger partial charge in [-0.25, -0.2) is 0 Å². The van der Waals surface area contributed by atoms with E-state index in [1.807, 2.05) is 60.7 Å². The first-order valence-corrected chi connectivity index (χ1v) is 16.9. The van der Waals surface area contributed by atoms with Gasteiger partial charge in [0, 0.05) is 22.1 Å². The Morgan fingerprint density at radius 1 is 1.00 bits per heavy atom. The van der Waals surface area contributed by atoms with Crippen LogP contribution in [0, 0.1) is 34.0 Å². The predicted octanol–water partition coefficient (Wildman–Crippen LogP) is 7.29. The molecule has 1 heterocycles. The Bertz CT molecular complexity index is 1500. The predicted molar refractivity (Wildman–Crippen MR) is 153 cm³/mol. The fourth-order valence-corrected chi connectivity index (χ4v) is 11.2. The van der Waals surface area contributed by atoms with E-state index in [9.17, 15) is 28.5 Å². The highest BCUT2D eigenvalue weighted by Gasteiger charge is 2.61. The summed E-state index contributed by atoms with van der Waals surface area (Å²) in [5, 5.41) is 22.2. The summed E-state index contributed by atoms with van der Waals surface area (Å²) in [4.78, 5) is 14.1. The molecule has 1 saturated carbocycles. The number of fused-ring (bicyclic) bond motifs is 2. The highest BCUT2D eigenvalue weighted by atomic mass is 79.9. The number of anilines is 1. The molecule has 0 N–H and O–H groups in total. The zero-order valence-corrected chi connectivity index (χ0v) is 24.6. The number of hydrogen-bond donors (Lipinski definition) is 0. The smallest absolute Gasteiger partial charge is 0.301 e. The number of halogens is 4. The Labute approximate surface area is 241 Å². The van der Waals surface area contributed by atoms with Crippen molar-refractivity contribution < 1.29 is 18.0 Å². The van der Waals surface area contributed by atoms with Crippen LogP contribution in [0.1, 0.15) is 29.9 Å². The molecule has 0 saturated heterocycles. The molecule has 9 heteroatoms. The van der Waals surface area contributed by atoms with Crippen molar-refractivity contribution in [3.8, 4) is 12.1 Å². The average Bonchev–Trinajstić information content (AvgIpc) is 2.95. The number of rotatable bonds is 3. The summed E-state index contributed by atoms with van der Waals surface area (Å²) in [5.41, 5.74) is -0.257. The zero-order valence-electron chi connectivity index (χ0n) is 22.0. The average molecular weight is 623 g/mol. The van der Waals surface area contributed by atoms with E-state index in [1.54, 1.807) is 18.2 Å². The standard InChI is InChI=1S/C31H27BrF3N3OSi/c1-40(2,22-11-7-4-8-12-22)27-16-26-24(17-30(27,18-36)19-37)28(20-9-5-3-6-10-20)23-15-21(32)13-14-25(23)38(26)29(39)31(33,34)35/h3-15,24,26-28H,16-17H2,1-2H3/t24-,26-,27+,28-/m0/s1. The molecule has 0 unspecified atom stereocenters. The van der Waals surface area contributed by atoms with Crippen molar-refractivity contribution in [3.05, 3.63) is 94.5 Å². The Morgan fingerprint density at radius 3 is 2.17 bits per heavy atom. The minimum Gasteiger partial charge on any atom is -0.301 e. The summed E-state index contributed by atoms with van der Waals surface area (Å²) in [6, 6.07) is 27.9. The number of carbonyl (C=O) groups is 1. The third-order valence-electron chi connectivity index (χ3n) is 8.88. The van der Waals surface area contributed by atoms with E-state index < -0.39 is 49.0 Å². The second kappa shape index (κ2) is 10.2. The molecule has 1 aliphatic heterocycles. The van der Waals surface area contributed by atoms with E-state index in [2.05, 4.69) is 41.2 Å². The van der Waals surface area contributed by atoms with Gasteiger partial charge >= 0.3 is 12.1 Å². The summed E-state index contributed by atoms with van der Waals surface area (Å²) in [7, 11) is -2.62. The van der Waals surface area contributed by atoms with Gasteiger partial charge in [0.05, 0.1) is 20.2 Å². The van der Waals surface area contributed by atoms with E-state index in [-0.39, 0.29) is 18.5 Å². The van der Waals surface area contributed by atoms with Crippen LogP contribution in [-0.2, 0) is 4.79 Å². The van der Waals surface area contributed by atoms with Gasteiger partial charge in [-0.05, 0) is 53.6 Å². The zero-order chi connectivity index (χ0) is 28.9. The van der Waals surface area contributed by atoms with Crippen molar-refractivity contribution in [2.75, 3.05) is 4.90 Å². The summed E-state index contributed by atoms with van der Waals surface area (Å²) in [5.74, 6) is -2.90. The van der Waals surface area contributed by atoms with Crippen LogP contribution in [0.5, 0.6) is 0 Å². The Morgan fingerprint density at radius 2 is 1.60 bits per heavy atom. The van der Waals surface area contributed by atoms with E-state index >= 15 is 0 Å². The van der Waals surface area contributed by atoms with Gasteiger partial charge in [-0.3, -0.25) is 4.79 Å². The van der Waals surface area contributed by atoms with Crippen LogP contribution in [0.25, 0.3) is 0 Å². The highest BCUT2D eigenvalue weighted by molar-refractivity contribution is 9.10. The first kappa shape index (κ1) is 28.1. The van der Waals surface area contributed by atoms with Crippen molar-refractivity contribution in [1.82, 2.24) is 0 Å². The minimum absolute atomic E-state index is 0.0613. The van der Waals surface area contributed by atoms with Gasteiger partial charge in [0.1, 0.15) is 5.41 Å². The lowest BCUT2D eigenvalue weighted by Gasteiger charge is -2.55. The molecule has 0 radical (unpaired) electrons. The number of hydrogen-bond acceptors (Lipinski definition) is 3. The maximum absolute atomic E-state index is 14.2. The van der Waals surface area contributed by atoms with Crippen molar-refractivity contribution >= 4 is 40.8 Å². The molecule has 4 nitrogen and oxygen atoms in total. The van der Waals surface area contributed by atoms with Gasteiger partial charge in [-0.1, -0.05) is 94.9 Å². The monoisotopic (exact) mass is 621 g/mol. The number of nitriles is 2. The van der Waals surface area contributed by atoms with Gasteiger partial charge in [-0.15, -0.1) is 0 Å². The van der Waals surface area contributed by atoms with Crippen LogP contribution in [-0.4, -0.2) is 26.2 Å². The highest BCUT2D eigenvalue weighted by Crippen LogP contribution is 2.60. The van der Waals surface area contributed by atoms with Crippen molar-refractivity contribution in [2.24, 2.45) is 11.3 Å². The van der Waals surface area contributed by atoms with Crippen molar-refractivity contribution in [3.63, 3.8) is 0 Å². The molecule has 4 atom stereocenters. The molecule has 5 rings (SSSR count). The third kappa shape index (κ3) is 4.55. The number of benzene rings is 3. The van der Waals surface area contributed by atoms with Crippen molar-refractivity contribution in [1.29, 1.82) is 10.5 Å². The number of alkyl halides is 3.